The lowest BCUT2D eigenvalue weighted by Gasteiger charge is -2.00. The summed E-state index contributed by atoms with van der Waals surface area (Å²) in [4.78, 5) is 12.3. The minimum Gasteiger partial charge on any atom is -0.357 e. The van der Waals surface area contributed by atoms with Crippen LogP contribution in [0, 0.1) is 0 Å². The van der Waals surface area contributed by atoms with Crippen LogP contribution in [-0.2, 0) is 0 Å². The van der Waals surface area contributed by atoms with E-state index in [9.17, 15) is 0 Å². The van der Waals surface area contributed by atoms with E-state index in [0.717, 1.165) is 5.39 Å². The Hall–Kier alpha value is -1.65. The molecular formula is C8H7BN4. The number of anilines is 1. The monoisotopic (exact) mass is 170 g/mol. The van der Waals surface area contributed by atoms with Gasteiger partial charge in [-0.25, -0.2) is 9.97 Å². The van der Waals surface area contributed by atoms with Crippen molar-refractivity contribution >= 4 is 30.3 Å². The molecule has 0 spiro atoms. The van der Waals surface area contributed by atoms with E-state index in [2.05, 4.69) is 20.3 Å². The van der Waals surface area contributed by atoms with Crippen molar-refractivity contribution in [3.63, 3.8) is 0 Å². The number of aromatic nitrogens is 3. The largest absolute Gasteiger partial charge is 0.357 e. The Balaban J connectivity index is 2.66. The fourth-order valence-corrected chi connectivity index (χ4v) is 1.06. The maximum absolute atomic E-state index is 5.56. The minimum atomic E-state index is 0.560. The first kappa shape index (κ1) is 7.98. The Morgan fingerprint density at radius 3 is 2.92 bits per heavy atom. The molecule has 0 atom stereocenters. The molecule has 0 aliphatic carbocycles. The Kier molecular flexibility index (Phi) is 1.85. The Morgan fingerprint density at radius 2 is 2.15 bits per heavy atom. The van der Waals surface area contributed by atoms with E-state index in [1.54, 1.807) is 25.5 Å². The number of nitrogens with one attached hydrogen (secondary N) is 1. The van der Waals surface area contributed by atoms with Crippen LogP contribution in [0.2, 0.25) is 0 Å². The molecule has 0 aromatic carbocycles. The normalized spacial score (nSPS) is 10.2. The van der Waals surface area contributed by atoms with Crippen molar-refractivity contribution in [2.75, 3.05) is 12.4 Å². The van der Waals surface area contributed by atoms with Gasteiger partial charge in [-0.05, 0) is 0 Å². The quantitative estimate of drug-likeness (QED) is 0.605. The van der Waals surface area contributed by atoms with Crippen molar-refractivity contribution in [3.05, 3.63) is 18.5 Å². The van der Waals surface area contributed by atoms with Crippen molar-refractivity contribution in [2.45, 2.75) is 0 Å². The van der Waals surface area contributed by atoms with Gasteiger partial charge >= 0.3 is 0 Å². The fraction of sp³-hybridized carbons (Fsp3) is 0.125. The van der Waals surface area contributed by atoms with Crippen LogP contribution in [0.25, 0.3) is 11.0 Å². The maximum atomic E-state index is 5.56. The molecule has 0 amide bonds. The zero-order chi connectivity index (χ0) is 9.26. The Labute approximate surface area is 76.8 Å². The first-order valence-electron chi connectivity index (χ1n) is 3.85. The molecule has 13 heavy (non-hydrogen) atoms. The van der Waals surface area contributed by atoms with Crippen LogP contribution in [-0.4, -0.2) is 29.8 Å². The van der Waals surface area contributed by atoms with Gasteiger partial charge in [0.05, 0.1) is 0 Å². The summed E-state index contributed by atoms with van der Waals surface area (Å²) in [6.07, 6.45) is 3.27. The zero-order valence-corrected chi connectivity index (χ0v) is 7.15. The third-order valence-electron chi connectivity index (χ3n) is 1.68. The molecule has 5 heteroatoms. The van der Waals surface area contributed by atoms with E-state index in [4.69, 9.17) is 7.85 Å². The van der Waals surface area contributed by atoms with Gasteiger partial charge in [-0.1, -0.05) is 11.5 Å². The number of nitrogens with zero attached hydrogens (tertiary/aromatic N) is 3. The molecule has 0 fully saturated rings. The highest BCUT2D eigenvalue weighted by Gasteiger charge is 1.98. The standard InChI is InChI=1S/C8H7BN4/c1-10-8-12-3-5-2-6(9)4-11-7(5)13-8/h2-4H,1H3,(H,10,11,12,13). The van der Waals surface area contributed by atoms with Crippen molar-refractivity contribution in [2.24, 2.45) is 0 Å². The van der Waals surface area contributed by atoms with Crippen molar-refractivity contribution in [1.29, 1.82) is 0 Å². The summed E-state index contributed by atoms with van der Waals surface area (Å²) in [7, 11) is 7.32. The molecule has 2 heterocycles. The third-order valence-corrected chi connectivity index (χ3v) is 1.68. The van der Waals surface area contributed by atoms with E-state index < -0.39 is 0 Å². The molecule has 1 N–H and O–H groups in total. The second-order valence-electron chi connectivity index (χ2n) is 2.63. The smallest absolute Gasteiger partial charge is 0.224 e. The molecule has 2 rings (SSSR count). The Bertz CT molecular complexity index is 443. The summed E-state index contributed by atoms with van der Waals surface area (Å²) in [6.45, 7) is 0. The van der Waals surface area contributed by atoms with Gasteiger partial charge in [0.1, 0.15) is 7.85 Å². The topological polar surface area (TPSA) is 50.7 Å². The summed E-state index contributed by atoms with van der Waals surface area (Å²) >= 11 is 0. The summed E-state index contributed by atoms with van der Waals surface area (Å²) < 4.78 is 0. The van der Waals surface area contributed by atoms with Gasteiger partial charge in [0, 0.05) is 24.8 Å². The number of hydrogen-bond acceptors (Lipinski definition) is 4. The van der Waals surface area contributed by atoms with Crippen molar-refractivity contribution in [3.8, 4) is 0 Å². The predicted molar refractivity (Wildman–Crippen MR) is 52.3 cm³/mol. The zero-order valence-electron chi connectivity index (χ0n) is 7.15. The fourth-order valence-electron chi connectivity index (χ4n) is 1.06. The molecule has 2 aromatic rings. The molecular weight excluding hydrogens is 163 g/mol. The predicted octanol–water partition coefficient (Wildman–Crippen LogP) is -0.140. The summed E-state index contributed by atoms with van der Waals surface area (Å²) in [5.41, 5.74) is 1.27. The molecule has 0 unspecified atom stereocenters. The van der Waals surface area contributed by atoms with Crippen LogP contribution in [0.15, 0.2) is 18.5 Å². The second-order valence-corrected chi connectivity index (χ2v) is 2.63. The molecule has 4 nitrogen and oxygen atoms in total. The van der Waals surface area contributed by atoms with Crippen LogP contribution in [0.3, 0.4) is 0 Å². The van der Waals surface area contributed by atoms with Crippen LogP contribution in [0.4, 0.5) is 5.95 Å². The van der Waals surface area contributed by atoms with Crippen molar-refractivity contribution < 1.29 is 0 Å². The molecule has 0 aliphatic rings. The lowest BCUT2D eigenvalue weighted by Crippen LogP contribution is -2.04. The third kappa shape index (κ3) is 1.45. The lowest BCUT2D eigenvalue weighted by atomic mass is 9.98. The average molecular weight is 170 g/mol. The van der Waals surface area contributed by atoms with Crippen LogP contribution in [0.5, 0.6) is 0 Å². The number of hydrogen-bond donors (Lipinski definition) is 1. The SMILES string of the molecule is [B]c1cnc2nc(NC)ncc2c1. The van der Waals surface area contributed by atoms with Gasteiger partial charge in [-0.15, -0.1) is 0 Å². The molecule has 0 bridgehead atoms. The van der Waals surface area contributed by atoms with Crippen LogP contribution < -0.4 is 10.8 Å². The van der Waals surface area contributed by atoms with E-state index in [0.29, 0.717) is 17.1 Å². The molecule has 0 saturated carbocycles. The van der Waals surface area contributed by atoms with Crippen LogP contribution >= 0.6 is 0 Å². The number of pyridine rings is 1. The minimum absolute atomic E-state index is 0.560. The van der Waals surface area contributed by atoms with Gasteiger partial charge in [0.2, 0.25) is 5.95 Å². The van der Waals surface area contributed by atoms with Crippen molar-refractivity contribution in [1.82, 2.24) is 15.0 Å². The van der Waals surface area contributed by atoms with Gasteiger partial charge in [-0.3, -0.25) is 0 Å². The lowest BCUT2D eigenvalue weighted by molar-refractivity contribution is 1.17. The maximum Gasteiger partial charge on any atom is 0.224 e. The first-order chi connectivity index (χ1) is 6.29. The Morgan fingerprint density at radius 1 is 1.31 bits per heavy atom. The highest BCUT2D eigenvalue weighted by Crippen LogP contribution is 2.06. The molecule has 0 saturated heterocycles. The van der Waals surface area contributed by atoms with E-state index in [1.807, 2.05) is 0 Å². The molecule has 62 valence electrons. The molecule has 0 aliphatic heterocycles. The summed E-state index contributed by atoms with van der Waals surface area (Å²) in [5.74, 6) is 0.560. The first-order valence-corrected chi connectivity index (χ1v) is 3.85. The summed E-state index contributed by atoms with van der Waals surface area (Å²) in [6, 6.07) is 1.79. The summed E-state index contributed by atoms with van der Waals surface area (Å²) in [5, 5.41) is 3.69. The van der Waals surface area contributed by atoms with Gasteiger partial charge in [-0.2, -0.15) is 4.98 Å². The van der Waals surface area contributed by atoms with Gasteiger partial charge < -0.3 is 5.32 Å². The number of rotatable bonds is 1. The van der Waals surface area contributed by atoms with E-state index in [-0.39, 0.29) is 0 Å². The van der Waals surface area contributed by atoms with E-state index >= 15 is 0 Å². The molecule has 2 radical (unpaired) electrons. The van der Waals surface area contributed by atoms with Gasteiger partial charge in [0.15, 0.2) is 5.65 Å². The average Bonchev–Trinajstić information content (AvgIpc) is 2.17. The number of fused-ring (bicyclic) bond motifs is 1. The van der Waals surface area contributed by atoms with Gasteiger partial charge in [0.25, 0.3) is 0 Å². The van der Waals surface area contributed by atoms with Crippen LogP contribution in [0.1, 0.15) is 0 Å². The second kappa shape index (κ2) is 3.01. The highest BCUT2D eigenvalue weighted by molar-refractivity contribution is 6.32. The molecule has 2 aromatic heterocycles. The highest BCUT2D eigenvalue weighted by atomic mass is 15.1. The van der Waals surface area contributed by atoms with E-state index in [1.165, 1.54) is 0 Å².